The third-order valence-electron chi connectivity index (χ3n) is 4.05. The maximum Gasteiger partial charge on any atom is 0.0673 e. The SMILES string of the molecule is C=C(C)CCOCCC(C)(CC)OCCC(C)(O)CC. The molecule has 0 bridgehead atoms. The third-order valence-corrected chi connectivity index (χ3v) is 4.05. The first kappa shape index (κ1) is 19.6. The quantitative estimate of drug-likeness (QED) is 0.434. The van der Waals surface area contributed by atoms with E-state index in [9.17, 15) is 5.11 Å². The van der Waals surface area contributed by atoms with Crippen LogP contribution in [0.5, 0.6) is 0 Å². The number of rotatable bonds is 12. The van der Waals surface area contributed by atoms with Gasteiger partial charge in [-0.25, -0.2) is 0 Å². The molecule has 3 nitrogen and oxygen atoms in total. The second-order valence-electron chi connectivity index (χ2n) is 6.32. The van der Waals surface area contributed by atoms with Crippen molar-refractivity contribution in [1.82, 2.24) is 0 Å². The third kappa shape index (κ3) is 9.51. The average Bonchev–Trinajstić information content (AvgIpc) is 2.38. The first-order valence-corrected chi connectivity index (χ1v) is 7.83. The first-order chi connectivity index (χ1) is 9.24. The van der Waals surface area contributed by atoms with E-state index in [-0.39, 0.29) is 5.60 Å². The van der Waals surface area contributed by atoms with Gasteiger partial charge in [0.25, 0.3) is 0 Å². The van der Waals surface area contributed by atoms with Crippen LogP contribution in [0.4, 0.5) is 0 Å². The molecule has 0 fully saturated rings. The summed E-state index contributed by atoms with van der Waals surface area (Å²) in [5.74, 6) is 0. The van der Waals surface area contributed by atoms with Gasteiger partial charge in [0.05, 0.1) is 24.4 Å². The number of aliphatic hydroxyl groups is 1. The minimum Gasteiger partial charge on any atom is -0.390 e. The van der Waals surface area contributed by atoms with Crippen LogP contribution in [0.1, 0.15) is 66.7 Å². The van der Waals surface area contributed by atoms with Gasteiger partial charge in [0.2, 0.25) is 0 Å². The molecule has 0 aliphatic heterocycles. The molecule has 0 aromatic heterocycles. The molecule has 0 spiro atoms. The van der Waals surface area contributed by atoms with Crippen LogP contribution in [-0.2, 0) is 9.47 Å². The molecule has 0 radical (unpaired) electrons. The van der Waals surface area contributed by atoms with Crippen LogP contribution in [-0.4, -0.2) is 36.1 Å². The van der Waals surface area contributed by atoms with Crippen molar-refractivity contribution < 1.29 is 14.6 Å². The maximum absolute atomic E-state index is 9.98. The van der Waals surface area contributed by atoms with Crippen LogP contribution >= 0.6 is 0 Å². The van der Waals surface area contributed by atoms with Gasteiger partial charge in [-0.2, -0.15) is 0 Å². The molecule has 0 heterocycles. The summed E-state index contributed by atoms with van der Waals surface area (Å²) < 4.78 is 11.6. The monoisotopic (exact) mass is 286 g/mol. The average molecular weight is 286 g/mol. The molecule has 0 saturated heterocycles. The molecule has 0 aromatic rings. The van der Waals surface area contributed by atoms with Gasteiger partial charge in [0.1, 0.15) is 0 Å². The van der Waals surface area contributed by atoms with Gasteiger partial charge in [0.15, 0.2) is 0 Å². The smallest absolute Gasteiger partial charge is 0.0673 e. The number of hydrogen-bond acceptors (Lipinski definition) is 3. The Balaban J connectivity index is 3.92. The summed E-state index contributed by atoms with van der Waals surface area (Å²) in [4.78, 5) is 0. The highest BCUT2D eigenvalue weighted by Gasteiger charge is 2.24. The van der Waals surface area contributed by atoms with Crippen molar-refractivity contribution >= 4 is 0 Å². The Morgan fingerprint density at radius 2 is 1.70 bits per heavy atom. The largest absolute Gasteiger partial charge is 0.390 e. The number of ether oxygens (including phenoxy) is 2. The van der Waals surface area contributed by atoms with E-state index in [2.05, 4.69) is 20.4 Å². The van der Waals surface area contributed by atoms with E-state index >= 15 is 0 Å². The molecule has 2 unspecified atom stereocenters. The lowest BCUT2D eigenvalue weighted by Gasteiger charge is -2.30. The van der Waals surface area contributed by atoms with Gasteiger partial charge in [-0.15, -0.1) is 6.58 Å². The summed E-state index contributed by atoms with van der Waals surface area (Å²) >= 11 is 0. The molecule has 0 amide bonds. The molecular weight excluding hydrogens is 252 g/mol. The molecule has 0 saturated carbocycles. The van der Waals surface area contributed by atoms with E-state index in [0.29, 0.717) is 19.6 Å². The second kappa shape index (κ2) is 9.54. The van der Waals surface area contributed by atoms with E-state index in [1.54, 1.807) is 0 Å². The predicted octanol–water partition coefficient (Wildman–Crippen LogP) is 4.10. The summed E-state index contributed by atoms with van der Waals surface area (Å²) in [6.07, 6.45) is 4.18. The van der Waals surface area contributed by atoms with E-state index in [1.165, 1.54) is 0 Å². The summed E-state index contributed by atoms with van der Waals surface area (Å²) in [5, 5.41) is 9.98. The van der Waals surface area contributed by atoms with Crippen LogP contribution in [0, 0.1) is 0 Å². The Morgan fingerprint density at radius 3 is 2.20 bits per heavy atom. The molecule has 3 heteroatoms. The topological polar surface area (TPSA) is 38.7 Å². The Hall–Kier alpha value is -0.380. The maximum atomic E-state index is 9.98. The molecule has 0 aliphatic rings. The zero-order valence-corrected chi connectivity index (χ0v) is 14.1. The molecule has 1 N–H and O–H groups in total. The molecule has 20 heavy (non-hydrogen) atoms. The minimum atomic E-state index is -0.618. The van der Waals surface area contributed by atoms with Crippen molar-refractivity contribution in [2.24, 2.45) is 0 Å². The summed E-state index contributed by atoms with van der Waals surface area (Å²) in [6.45, 7) is 16.0. The first-order valence-electron chi connectivity index (χ1n) is 7.83. The Bertz CT molecular complexity index is 273. The lowest BCUT2D eigenvalue weighted by molar-refractivity contribution is -0.0770. The van der Waals surface area contributed by atoms with Crippen molar-refractivity contribution in [2.75, 3.05) is 19.8 Å². The molecule has 2 atom stereocenters. The van der Waals surface area contributed by atoms with Crippen LogP contribution < -0.4 is 0 Å². The molecule has 0 rings (SSSR count). The fourth-order valence-corrected chi connectivity index (χ4v) is 1.68. The van der Waals surface area contributed by atoms with Crippen molar-refractivity contribution in [3.05, 3.63) is 12.2 Å². The van der Waals surface area contributed by atoms with Gasteiger partial charge in [-0.3, -0.25) is 0 Å². The predicted molar refractivity (Wildman–Crippen MR) is 85.0 cm³/mol. The zero-order valence-electron chi connectivity index (χ0n) is 14.1. The van der Waals surface area contributed by atoms with Gasteiger partial charge in [-0.05, 0) is 52.9 Å². The van der Waals surface area contributed by atoms with Crippen molar-refractivity contribution in [3.63, 3.8) is 0 Å². The standard InChI is InChI=1S/C17H34O3/c1-7-16(5,18)10-14-20-17(6,8-2)11-13-19-12-9-15(3)4/h18H,3,7-14H2,1-2,4-6H3. The number of hydrogen-bond donors (Lipinski definition) is 1. The lowest BCUT2D eigenvalue weighted by Crippen LogP contribution is -2.33. The fourth-order valence-electron chi connectivity index (χ4n) is 1.68. The highest BCUT2D eigenvalue weighted by Crippen LogP contribution is 2.22. The minimum absolute atomic E-state index is 0.160. The highest BCUT2D eigenvalue weighted by atomic mass is 16.5. The molecule has 0 aliphatic carbocycles. The molecule has 120 valence electrons. The van der Waals surface area contributed by atoms with Crippen LogP contribution in [0.2, 0.25) is 0 Å². The van der Waals surface area contributed by atoms with E-state index in [0.717, 1.165) is 37.9 Å². The van der Waals surface area contributed by atoms with Crippen molar-refractivity contribution in [2.45, 2.75) is 77.9 Å². The summed E-state index contributed by atoms with van der Waals surface area (Å²) in [7, 11) is 0. The van der Waals surface area contributed by atoms with Gasteiger partial charge < -0.3 is 14.6 Å². The van der Waals surface area contributed by atoms with Crippen LogP contribution in [0.15, 0.2) is 12.2 Å². The van der Waals surface area contributed by atoms with Crippen LogP contribution in [0.25, 0.3) is 0 Å². The molecular formula is C17H34O3. The Morgan fingerprint density at radius 1 is 1.05 bits per heavy atom. The van der Waals surface area contributed by atoms with E-state index in [1.807, 2.05) is 20.8 Å². The summed E-state index contributed by atoms with van der Waals surface area (Å²) in [5.41, 5.74) is 0.376. The highest BCUT2D eigenvalue weighted by molar-refractivity contribution is 4.87. The normalized spacial score (nSPS) is 17.5. The van der Waals surface area contributed by atoms with Crippen molar-refractivity contribution in [1.29, 1.82) is 0 Å². The zero-order chi connectivity index (χ0) is 15.6. The molecule has 0 aromatic carbocycles. The van der Waals surface area contributed by atoms with Crippen molar-refractivity contribution in [3.8, 4) is 0 Å². The second-order valence-corrected chi connectivity index (χ2v) is 6.32. The van der Waals surface area contributed by atoms with Gasteiger partial charge in [-0.1, -0.05) is 19.4 Å². The van der Waals surface area contributed by atoms with E-state index in [4.69, 9.17) is 9.47 Å². The fraction of sp³-hybridized carbons (Fsp3) is 0.882. The Kier molecular flexibility index (Phi) is 9.36. The lowest BCUT2D eigenvalue weighted by atomic mass is 9.97. The van der Waals surface area contributed by atoms with Gasteiger partial charge in [0, 0.05) is 6.61 Å². The van der Waals surface area contributed by atoms with Gasteiger partial charge >= 0.3 is 0 Å². The van der Waals surface area contributed by atoms with E-state index < -0.39 is 5.60 Å². The van der Waals surface area contributed by atoms with Crippen LogP contribution in [0.3, 0.4) is 0 Å². The Labute approximate surface area is 125 Å². The summed E-state index contributed by atoms with van der Waals surface area (Å²) in [6, 6.07) is 0.